The van der Waals surface area contributed by atoms with Crippen molar-refractivity contribution in [2.45, 2.75) is 12.2 Å². The maximum absolute atomic E-state index is 9.05. The van der Waals surface area contributed by atoms with Crippen LogP contribution < -0.4 is 0 Å². The van der Waals surface area contributed by atoms with Gasteiger partial charge in [-0.25, -0.2) is 0 Å². The lowest BCUT2D eigenvalue weighted by molar-refractivity contribution is 0.449. The largest absolute Gasteiger partial charge is 0.508 e. The molecule has 0 heterocycles. The van der Waals surface area contributed by atoms with Crippen molar-refractivity contribution in [2.24, 2.45) is 0 Å². The van der Waals surface area contributed by atoms with Gasteiger partial charge in [-0.15, -0.1) is 0 Å². The normalized spacial score (nSPS) is 12.9. The molecule has 0 aliphatic rings. The first-order valence-electron chi connectivity index (χ1n) is 3.30. The van der Waals surface area contributed by atoms with Crippen molar-refractivity contribution >= 4 is 12.6 Å². The molecule has 0 saturated carbocycles. The molecule has 3 heteroatoms. The fourth-order valence-corrected chi connectivity index (χ4v) is 1.01. The standard InChI is InChI=1S/C8H10O2S/c1-5(11)6-2-7(9)4-8(10)3-6/h2-5,9-11H,1H3. The number of aromatic hydroxyl groups is 2. The Bertz CT molecular complexity index is 238. The highest BCUT2D eigenvalue weighted by molar-refractivity contribution is 7.80. The van der Waals surface area contributed by atoms with Gasteiger partial charge >= 0.3 is 0 Å². The molecule has 0 amide bonds. The quantitative estimate of drug-likeness (QED) is 0.565. The summed E-state index contributed by atoms with van der Waals surface area (Å²) in [5.74, 6) is 0.141. The van der Waals surface area contributed by atoms with Gasteiger partial charge in [-0.05, 0) is 24.6 Å². The van der Waals surface area contributed by atoms with Crippen LogP contribution in [0.25, 0.3) is 0 Å². The van der Waals surface area contributed by atoms with Crippen molar-refractivity contribution in [3.63, 3.8) is 0 Å². The second-order valence-corrected chi connectivity index (χ2v) is 3.23. The van der Waals surface area contributed by atoms with Crippen molar-refractivity contribution in [3.8, 4) is 11.5 Å². The highest BCUT2D eigenvalue weighted by Gasteiger charge is 2.02. The molecule has 0 bridgehead atoms. The molecule has 0 saturated heterocycles. The maximum atomic E-state index is 9.05. The van der Waals surface area contributed by atoms with Crippen LogP contribution in [0.4, 0.5) is 0 Å². The summed E-state index contributed by atoms with van der Waals surface area (Å²) in [7, 11) is 0. The fourth-order valence-electron chi connectivity index (χ4n) is 0.859. The predicted octanol–water partition coefficient (Wildman–Crippen LogP) is 2.09. The average Bonchev–Trinajstić information content (AvgIpc) is 1.85. The molecule has 1 aromatic carbocycles. The Morgan fingerprint density at radius 2 is 1.64 bits per heavy atom. The van der Waals surface area contributed by atoms with Crippen LogP contribution in [0.3, 0.4) is 0 Å². The molecule has 11 heavy (non-hydrogen) atoms. The van der Waals surface area contributed by atoms with Gasteiger partial charge < -0.3 is 10.2 Å². The first-order chi connectivity index (χ1) is 5.09. The highest BCUT2D eigenvalue weighted by atomic mass is 32.1. The molecule has 0 aliphatic heterocycles. The summed E-state index contributed by atoms with van der Waals surface area (Å²) in [4.78, 5) is 0. The first-order valence-corrected chi connectivity index (χ1v) is 3.82. The summed E-state index contributed by atoms with van der Waals surface area (Å²) >= 11 is 4.16. The van der Waals surface area contributed by atoms with Gasteiger partial charge in [-0.1, -0.05) is 0 Å². The van der Waals surface area contributed by atoms with Gasteiger partial charge in [0.25, 0.3) is 0 Å². The molecule has 1 rings (SSSR count). The Morgan fingerprint density at radius 1 is 1.18 bits per heavy atom. The molecule has 1 aromatic rings. The average molecular weight is 170 g/mol. The minimum atomic E-state index is 0.0213. The topological polar surface area (TPSA) is 40.5 Å². The second-order valence-electron chi connectivity index (χ2n) is 2.46. The van der Waals surface area contributed by atoms with Gasteiger partial charge in [0.1, 0.15) is 11.5 Å². The van der Waals surface area contributed by atoms with Crippen molar-refractivity contribution < 1.29 is 10.2 Å². The number of rotatable bonds is 1. The highest BCUT2D eigenvalue weighted by Crippen LogP contribution is 2.27. The number of thiol groups is 1. The Labute approximate surface area is 70.9 Å². The molecule has 1 atom stereocenters. The van der Waals surface area contributed by atoms with E-state index >= 15 is 0 Å². The Hall–Kier alpha value is -0.830. The Balaban J connectivity index is 3.08. The lowest BCUT2D eigenvalue weighted by Crippen LogP contribution is -1.82. The third kappa shape index (κ3) is 2.05. The molecule has 0 aromatic heterocycles. The van der Waals surface area contributed by atoms with Crippen LogP contribution in [0, 0.1) is 0 Å². The van der Waals surface area contributed by atoms with E-state index in [1.54, 1.807) is 12.1 Å². The van der Waals surface area contributed by atoms with E-state index in [4.69, 9.17) is 10.2 Å². The van der Waals surface area contributed by atoms with Crippen LogP contribution in [0.15, 0.2) is 18.2 Å². The van der Waals surface area contributed by atoms with Crippen LogP contribution in [-0.4, -0.2) is 10.2 Å². The van der Waals surface area contributed by atoms with E-state index in [9.17, 15) is 0 Å². The number of hydrogen-bond donors (Lipinski definition) is 3. The van der Waals surface area contributed by atoms with Crippen LogP contribution in [0.2, 0.25) is 0 Å². The van der Waals surface area contributed by atoms with Crippen molar-refractivity contribution in [1.82, 2.24) is 0 Å². The van der Waals surface area contributed by atoms with E-state index < -0.39 is 0 Å². The van der Waals surface area contributed by atoms with Gasteiger partial charge in [0.05, 0.1) is 0 Å². The van der Waals surface area contributed by atoms with Gasteiger partial charge in [0.2, 0.25) is 0 Å². The predicted molar refractivity (Wildman–Crippen MR) is 47.2 cm³/mol. The summed E-state index contributed by atoms with van der Waals surface area (Å²) < 4.78 is 0. The molecule has 1 unspecified atom stereocenters. The summed E-state index contributed by atoms with van der Waals surface area (Å²) in [6.07, 6.45) is 0. The first kappa shape index (κ1) is 8.27. The van der Waals surface area contributed by atoms with E-state index in [1.165, 1.54) is 6.07 Å². The van der Waals surface area contributed by atoms with Gasteiger partial charge in [-0.3, -0.25) is 0 Å². The lowest BCUT2D eigenvalue weighted by atomic mass is 10.1. The third-order valence-electron chi connectivity index (χ3n) is 1.41. The molecule has 0 fully saturated rings. The molecule has 60 valence electrons. The summed E-state index contributed by atoms with van der Waals surface area (Å²) in [6.45, 7) is 1.87. The van der Waals surface area contributed by atoms with Crippen molar-refractivity contribution in [3.05, 3.63) is 23.8 Å². The molecular formula is C8H10O2S. The van der Waals surface area contributed by atoms with Gasteiger partial charge in [-0.2, -0.15) is 12.6 Å². The summed E-state index contributed by atoms with van der Waals surface area (Å²) in [5.41, 5.74) is 0.811. The van der Waals surface area contributed by atoms with Crippen LogP contribution in [-0.2, 0) is 0 Å². The zero-order valence-electron chi connectivity index (χ0n) is 6.15. The molecule has 0 aliphatic carbocycles. The van der Waals surface area contributed by atoms with E-state index in [-0.39, 0.29) is 16.7 Å². The summed E-state index contributed by atoms with van der Waals surface area (Å²) in [5, 5.41) is 18.1. The Morgan fingerprint density at radius 3 is 2.00 bits per heavy atom. The van der Waals surface area contributed by atoms with Gasteiger partial charge in [0, 0.05) is 11.3 Å². The lowest BCUT2D eigenvalue weighted by Gasteiger charge is -2.05. The minimum Gasteiger partial charge on any atom is -0.508 e. The number of phenolic OH excluding ortho intramolecular Hbond substituents is 2. The summed E-state index contributed by atoms with van der Waals surface area (Å²) in [6, 6.07) is 4.45. The third-order valence-corrected chi connectivity index (χ3v) is 1.71. The van der Waals surface area contributed by atoms with Crippen molar-refractivity contribution in [2.75, 3.05) is 0 Å². The Kier molecular flexibility index (Phi) is 2.29. The minimum absolute atomic E-state index is 0.0213. The van der Waals surface area contributed by atoms with E-state index in [0.717, 1.165) is 5.56 Å². The molecule has 2 N–H and O–H groups in total. The van der Waals surface area contributed by atoms with Crippen molar-refractivity contribution in [1.29, 1.82) is 0 Å². The number of hydrogen-bond acceptors (Lipinski definition) is 3. The maximum Gasteiger partial charge on any atom is 0.119 e. The molecule has 0 radical (unpaired) electrons. The van der Waals surface area contributed by atoms with Gasteiger partial charge in [0.15, 0.2) is 0 Å². The van der Waals surface area contributed by atoms with E-state index in [1.807, 2.05) is 6.92 Å². The van der Waals surface area contributed by atoms with Crippen LogP contribution >= 0.6 is 12.6 Å². The molecular weight excluding hydrogens is 160 g/mol. The zero-order valence-corrected chi connectivity index (χ0v) is 7.05. The monoisotopic (exact) mass is 170 g/mol. The van der Waals surface area contributed by atoms with E-state index in [0.29, 0.717) is 0 Å². The second kappa shape index (κ2) is 3.05. The van der Waals surface area contributed by atoms with E-state index in [2.05, 4.69) is 12.6 Å². The molecule has 2 nitrogen and oxygen atoms in total. The van der Waals surface area contributed by atoms with Crippen LogP contribution in [0.1, 0.15) is 17.7 Å². The SMILES string of the molecule is CC(S)c1cc(O)cc(O)c1. The number of benzene rings is 1. The van der Waals surface area contributed by atoms with Crippen LogP contribution in [0.5, 0.6) is 11.5 Å². The molecule has 0 spiro atoms. The zero-order chi connectivity index (χ0) is 8.43. The fraction of sp³-hybridized carbons (Fsp3) is 0.250. The number of phenols is 2. The smallest absolute Gasteiger partial charge is 0.119 e.